The van der Waals surface area contributed by atoms with Gasteiger partial charge in [-0.05, 0) is 49.4 Å². The molecule has 5 rings (SSSR count). The number of urea groups is 1. The van der Waals surface area contributed by atoms with Crippen LogP contribution in [0.4, 0.5) is 9.18 Å². The average molecular weight is 693 g/mol. The molecule has 0 spiro atoms. The Bertz CT molecular complexity index is 1960. The highest BCUT2D eigenvalue weighted by Gasteiger charge is 2.65. The lowest BCUT2D eigenvalue weighted by Crippen LogP contribution is -2.72. The number of pyridine rings is 1. The fraction of sp³-hybridized carbons (Fsp3) is 0.125. The molecule has 0 radical (unpaired) electrons. The fourth-order valence-electron chi connectivity index (χ4n) is 4.20. The molecule has 4 aromatic rings. The fourth-order valence-corrected chi connectivity index (χ4v) is 4.34. The first-order valence-electron chi connectivity index (χ1n) is 14.1. The van der Waals surface area contributed by atoms with Crippen LogP contribution in [0.15, 0.2) is 94.8 Å². The summed E-state index contributed by atoms with van der Waals surface area (Å²) in [7, 11) is 0. The number of amides is 4. The van der Waals surface area contributed by atoms with Gasteiger partial charge in [-0.1, -0.05) is 41.0 Å². The van der Waals surface area contributed by atoms with Crippen LogP contribution >= 0.6 is 11.6 Å². The minimum absolute atomic E-state index is 0.0649. The Balaban J connectivity index is 1.34. The number of rotatable bonds is 10. The Hall–Kier alpha value is -6.42. The highest BCUT2D eigenvalue weighted by atomic mass is 35.5. The minimum Gasteiger partial charge on any atom is -0.463 e. The molecule has 250 valence electrons. The molecular formula is C32H22ClFN4O11. The number of halogens is 2. The van der Waals surface area contributed by atoms with Crippen LogP contribution in [-0.2, 0) is 19.2 Å². The third-order valence-corrected chi connectivity index (χ3v) is 6.83. The molecule has 4 amide bonds. The normalized spacial score (nSPS) is 17.3. The van der Waals surface area contributed by atoms with Crippen molar-refractivity contribution in [3.63, 3.8) is 0 Å². The van der Waals surface area contributed by atoms with Crippen molar-refractivity contribution in [2.45, 2.75) is 18.8 Å². The summed E-state index contributed by atoms with van der Waals surface area (Å²) in [5, 5.41) is 5.30. The predicted octanol–water partition coefficient (Wildman–Crippen LogP) is 4.11. The van der Waals surface area contributed by atoms with E-state index in [4.69, 9.17) is 35.1 Å². The molecule has 2 atom stereocenters. The molecular weight excluding hydrogens is 671 g/mol. The summed E-state index contributed by atoms with van der Waals surface area (Å²) in [6.45, 7) is 0.967. The average Bonchev–Trinajstić information content (AvgIpc) is 3.62. The lowest BCUT2D eigenvalue weighted by Gasteiger charge is -2.37. The second kappa shape index (κ2) is 14.6. The molecule has 1 fully saturated rings. The van der Waals surface area contributed by atoms with Crippen LogP contribution in [0.2, 0.25) is 5.02 Å². The number of furan rings is 1. The van der Waals surface area contributed by atoms with Crippen molar-refractivity contribution in [3.8, 4) is 11.6 Å². The van der Waals surface area contributed by atoms with Gasteiger partial charge < -0.3 is 23.5 Å². The Labute approximate surface area is 280 Å². The molecule has 1 aliphatic rings. The molecule has 2 aromatic heterocycles. The molecule has 3 heterocycles. The van der Waals surface area contributed by atoms with Crippen molar-refractivity contribution in [2.75, 3.05) is 6.61 Å². The maximum Gasteiger partial charge on any atom is 0.360 e. The summed E-state index contributed by atoms with van der Waals surface area (Å²) < 4.78 is 36.5. The van der Waals surface area contributed by atoms with Gasteiger partial charge in [0.15, 0.2) is 5.75 Å². The molecule has 2 unspecified atom stereocenters. The number of hydrogen-bond donors (Lipinski definition) is 1. The summed E-state index contributed by atoms with van der Waals surface area (Å²) in [4.78, 5) is 86.4. The van der Waals surface area contributed by atoms with Gasteiger partial charge in [0.2, 0.25) is 5.88 Å². The van der Waals surface area contributed by atoms with Crippen LogP contribution < -0.4 is 14.8 Å². The topological polar surface area (TPSA) is 193 Å². The number of nitrogens with one attached hydrogen (secondary N) is 1. The van der Waals surface area contributed by atoms with Crippen molar-refractivity contribution in [3.05, 3.63) is 113 Å². The Morgan fingerprint density at radius 2 is 1.71 bits per heavy atom. The van der Waals surface area contributed by atoms with E-state index >= 15 is 4.39 Å². The zero-order chi connectivity index (χ0) is 35.1. The SMILES string of the molecule is CCOC(=O)C1(F)C(=O)N(C(=O)c2cccc(C(=O)Oc3cc(OC(=O)c4ccccc4)c(Cl)cn3)c2)C(=O)NC1O/N=C/c1ccco1. The van der Waals surface area contributed by atoms with Crippen LogP contribution in [-0.4, -0.2) is 70.4 Å². The summed E-state index contributed by atoms with van der Waals surface area (Å²) in [6.07, 6.45) is 1.01. The molecule has 0 aliphatic carbocycles. The first-order chi connectivity index (χ1) is 23.5. The zero-order valence-electron chi connectivity index (χ0n) is 25.0. The number of benzene rings is 2. The summed E-state index contributed by atoms with van der Waals surface area (Å²) in [5.41, 5.74) is -4.27. The lowest BCUT2D eigenvalue weighted by atomic mass is 9.99. The van der Waals surface area contributed by atoms with E-state index in [1.807, 2.05) is 5.32 Å². The van der Waals surface area contributed by atoms with Crippen molar-refractivity contribution in [1.82, 2.24) is 15.2 Å². The molecule has 49 heavy (non-hydrogen) atoms. The number of hydrogen-bond acceptors (Lipinski definition) is 13. The number of aromatic nitrogens is 1. The van der Waals surface area contributed by atoms with Gasteiger partial charge in [0.05, 0.1) is 30.2 Å². The quantitative estimate of drug-likeness (QED) is 0.0823. The smallest absolute Gasteiger partial charge is 0.360 e. The highest BCUT2D eigenvalue weighted by Crippen LogP contribution is 2.30. The largest absolute Gasteiger partial charge is 0.463 e. The van der Waals surface area contributed by atoms with Gasteiger partial charge in [-0.3, -0.25) is 14.9 Å². The van der Waals surface area contributed by atoms with Gasteiger partial charge in [-0.2, -0.15) is 4.90 Å². The molecule has 2 aromatic carbocycles. The second-order valence-electron chi connectivity index (χ2n) is 9.74. The van der Waals surface area contributed by atoms with Crippen molar-refractivity contribution in [1.29, 1.82) is 0 Å². The zero-order valence-corrected chi connectivity index (χ0v) is 25.8. The monoisotopic (exact) mass is 692 g/mol. The number of oxime groups is 1. The van der Waals surface area contributed by atoms with Crippen LogP contribution in [0, 0.1) is 0 Å². The van der Waals surface area contributed by atoms with E-state index < -0.39 is 53.2 Å². The summed E-state index contributed by atoms with van der Waals surface area (Å²) in [5.74, 6) is -7.29. The maximum atomic E-state index is 16.3. The van der Waals surface area contributed by atoms with E-state index in [1.54, 1.807) is 18.2 Å². The number of alkyl halides is 1. The van der Waals surface area contributed by atoms with Gasteiger partial charge in [0, 0.05) is 11.6 Å². The van der Waals surface area contributed by atoms with Crippen molar-refractivity contribution in [2.24, 2.45) is 5.16 Å². The molecule has 1 N–H and O–H groups in total. The predicted molar refractivity (Wildman–Crippen MR) is 163 cm³/mol. The number of carbonyl (C=O) groups is 6. The molecule has 1 saturated heterocycles. The van der Waals surface area contributed by atoms with Gasteiger partial charge >= 0.3 is 29.6 Å². The van der Waals surface area contributed by atoms with E-state index in [1.165, 1.54) is 49.6 Å². The van der Waals surface area contributed by atoms with Crippen LogP contribution in [0.1, 0.15) is 43.8 Å². The standard InChI is InChI=1S/C32H22ClFN4O11/c1-2-45-30(43)32(34)28(49-36-16-21-12-7-13-46-21)37-31(44)38(29(32)42)25(39)19-10-6-11-20(14-19)27(41)48-24-15-23(22(33)17-35-24)47-26(40)18-8-4-3-5-9-18/h3-17,28H,2H2,1H3,(H,37,44)/b36-16+. The molecule has 15 nitrogen and oxygen atoms in total. The first kappa shape index (κ1) is 33.9. The third kappa shape index (κ3) is 7.28. The molecule has 0 saturated carbocycles. The number of nitrogens with zero attached hydrogens (tertiary/aromatic N) is 3. The van der Waals surface area contributed by atoms with Gasteiger partial charge in [-0.25, -0.2) is 28.6 Å². The van der Waals surface area contributed by atoms with Crippen LogP contribution in [0.25, 0.3) is 0 Å². The molecule has 1 aliphatic heterocycles. The Morgan fingerprint density at radius 1 is 1.00 bits per heavy atom. The van der Waals surface area contributed by atoms with Gasteiger partial charge in [0.25, 0.3) is 18.0 Å². The van der Waals surface area contributed by atoms with E-state index in [9.17, 15) is 28.8 Å². The van der Waals surface area contributed by atoms with Crippen molar-refractivity contribution >= 4 is 53.6 Å². The lowest BCUT2D eigenvalue weighted by molar-refractivity contribution is -0.183. The first-order valence-corrected chi connectivity index (χ1v) is 14.4. The van der Waals surface area contributed by atoms with E-state index in [-0.39, 0.29) is 45.0 Å². The van der Waals surface area contributed by atoms with Crippen LogP contribution in [0.3, 0.4) is 0 Å². The number of esters is 3. The number of imide groups is 3. The van der Waals surface area contributed by atoms with E-state index in [0.29, 0.717) is 0 Å². The number of ether oxygens (including phenoxy) is 3. The highest BCUT2D eigenvalue weighted by molar-refractivity contribution is 6.32. The summed E-state index contributed by atoms with van der Waals surface area (Å²) >= 11 is 6.09. The Kier molecular flexibility index (Phi) is 10.1. The molecule has 17 heteroatoms. The Morgan fingerprint density at radius 3 is 2.43 bits per heavy atom. The van der Waals surface area contributed by atoms with Crippen LogP contribution in [0.5, 0.6) is 11.6 Å². The number of carbonyl (C=O) groups excluding carboxylic acids is 6. The maximum absolute atomic E-state index is 16.3. The van der Waals surface area contributed by atoms with E-state index in [2.05, 4.69) is 10.1 Å². The third-order valence-electron chi connectivity index (χ3n) is 6.55. The second-order valence-corrected chi connectivity index (χ2v) is 10.1. The minimum atomic E-state index is -3.77. The molecule has 0 bridgehead atoms. The summed E-state index contributed by atoms with van der Waals surface area (Å²) in [6, 6.07) is 15.1. The van der Waals surface area contributed by atoms with Crippen molar-refractivity contribution < 1.29 is 56.6 Å². The van der Waals surface area contributed by atoms with Gasteiger partial charge in [-0.15, -0.1) is 0 Å². The van der Waals surface area contributed by atoms with Gasteiger partial charge in [0.1, 0.15) is 17.0 Å². The van der Waals surface area contributed by atoms with E-state index in [0.717, 1.165) is 30.6 Å².